The third-order valence-corrected chi connectivity index (χ3v) is 8.53. The summed E-state index contributed by atoms with van der Waals surface area (Å²) < 4.78 is 25.8. The SMILES string of the molecule is Cc1ncc(COc2ccccc2C2CCN(C3CCC4(C3)CN(C(=O)C3(F)CC3)C4)CC2)o1. The molecule has 2 saturated heterocycles. The first kappa shape index (κ1) is 22.1. The number of piperidine rings is 1. The van der Waals surface area contributed by atoms with Gasteiger partial charge in [-0.3, -0.25) is 4.79 Å². The molecule has 1 unspecified atom stereocenters. The maximum Gasteiger partial charge on any atom is 0.260 e. The number of oxazole rings is 1. The van der Waals surface area contributed by atoms with Crippen molar-refractivity contribution in [2.24, 2.45) is 5.41 Å². The summed E-state index contributed by atoms with van der Waals surface area (Å²) in [5.41, 5.74) is 0.00618. The maximum absolute atomic E-state index is 14.1. The average molecular weight is 468 g/mol. The summed E-state index contributed by atoms with van der Waals surface area (Å²) in [5.74, 6) is 2.59. The fourth-order valence-electron chi connectivity index (χ4n) is 6.44. The second kappa shape index (κ2) is 8.36. The zero-order valence-corrected chi connectivity index (χ0v) is 20.0. The first-order valence-corrected chi connectivity index (χ1v) is 12.8. The number of alkyl halides is 1. The zero-order valence-electron chi connectivity index (χ0n) is 20.0. The summed E-state index contributed by atoms with van der Waals surface area (Å²) >= 11 is 0. The van der Waals surface area contributed by atoms with Crippen LogP contribution in [-0.2, 0) is 11.4 Å². The lowest BCUT2D eigenvalue weighted by molar-refractivity contribution is -0.150. The van der Waals surface area contributed by atoms with Gasteiger partial charge in [-0.2, -0.15) is 0 Å². The van der Waals surface area contributed by atoms with Crippen molar-refractivity contribution < 1.29 is 18.3 Å². The maximum atomic E-state index is 14.1. The van der Waals surface area contributed by atoms with Crippen LogP contribution < -0.4 is 4.74 Å². The number of hydrogen-bond donors (Lipinski definition) is 0. The number of halogens is 1. The number of carbonyl (C=O) groups is 1. The van der Waals surface area contributed by atoms with Gasteiger partial charge in [-0.05, 0) is 75.6 Å². The number of rotatable bonds is 6. The van der Waals surface area contributed by atoms with Gasteiger partial charge in [0.25, 0.3) is 5.91 Å². The van der Waals surface area contributed by atoms with E-state index in [9.17, 15) is 9.18 Å². The summed E-state index contributed by atoms with van der Waals surface area (Å²) in [6.45, 7) is 5.95. The van der Waals surface area contributed by atoms with Gasteiger partial charge in [0.15, 0.2) is 17.3 Å². The minimum atomic E-state index is -1.52. The monoisotopic (exact) mass is 467 g/mol. The van der Waals surface area contributed by atoms with Crippen LogP contribution in [0.3, 0.4) is 0 Å². The number of ether oxygens (including phenoxy) is 1. The van der Waals surface area contributed by atoms with Crippen LogP contribution in [0.2, 0.25) is 0 Å². The number of aryl methyl sites for hydroxylation is 1. The number of hydrogen-bond acceptors (Lipinski definition) is 5. The van der Waals surface area contributed by atoms with Crippen LogP contribution in [0.4, 0.5) is 4.39 Å². The van der Waals surface area contributed by atoms with Crippen LogP contribution in [0.25, 0.3) is 0 Å². The molecule has 2 aromatic rings. The third kappa shape index (κ3) is 4.12. The van der Waals surface area contributed by atoms with Crippen LogP contribution in [0.5, 0.6) is 5.75 Å². The van der Waals surface area contributed by atoms with Crippen molar-refractivity contribution in [1.29, 1.82) is 0 Å². The summed E-state index contributed by atoms with van der Waals surface area (Å²) in [6.07, 6.45) is 8.32. The minimum absolute atomic E-state index is 0.238. The normalized spacial score (nSPS) is 25.9. The van der Waals surface area contributed by atoms with Gasteiger partial charge < -0.3 is 19.0 Å². The van der Waals surface area contributed by atoms with Crippen molar-refractivity contribution in [3.8, 4) is 5.75 Å². The van der Waals surface area contributed by atoms with Crippen LogP contribution >= 0.6 is 0 Å². The summed E-state index contributed by atoms with van der Waals surface area (Å²) in [5, 5.41) is 0. The van der Waals surface area contributed by atoms with E-state index >= 15 is 0 Å². The molecule has 3 heterocycles. The van der Waals surface area contributed by atoms with Gasteiger partial charge in [-0.25, -0.2) is 9.37 Å². The molecule has 6 rings (SSSR count). The average Bonchev–Trinajstić information content (AvgIpc) is 3.23. The van der Waals surface area contributed by atoms with E-state index in [1.165, 1.54) is 18.4 Å². The first-order valence-electron chi connectivity index (χ1n) is 12.8. The van der Waals surface area contributed by atoms with Crippen LogP contribution in [-0.4, -0.2) is 58.6 Å². The van der Waals surface area contributed by atoms with Gasteiger partial charge in [0.1, 0.15) is 12.4 Å². The lowest BCUT2D eigenvalue weighted by Crippen LogP contribution is -2.60. The predicted octanol–water partition coefficient (Wildman–Crippen LogP) is 4.62. The quantitative estimate of drug-likeness (QED) is 0.620. The molecular formula is C27H34FN3O3. The first-order chi connectivity index (χ1) is 16.4. The highest BCUT2D eigenvalue weighted by atomic mass is 19.1. The molecule has 0 bridgehead atoms. The lowest BCUT2D eigenvalue weighted by atomic mass is 9.77. The molecule has 0 radical (unpaired) electrons. The smallest absolute Gasteiger partial charge is 0.260 e. The summed E-state index contributed by atoms with van der Waals surface area (Å²) in [4.78, 5) is 20.9. The highest BCUT2D eigenvalue weighted by Crippen LogP contribution is 2.51. The largest absolute Gasteiger partial charge is 0.485 e. The Bertz CT molecular complexity index is 1050. The van der Waals surface area contributed by atoms with Gasteiger partial charge >= 0.3 is 0 Å². The highest BCUT2D eigenvalue weighted by molar-refractivity contribution is 5.88. The van der Waals surface area contributed by atoms with E-state index in [1.807, 2.05) is 13.0 Å². The van der Waals surface area contributed by atoms with Crippen molar-refractivity contribution >= 4 is 5.91 Å². The van der Waals surface area contributed by atoms with Crippen molar-refractivity contribution in [3.63, 3.8) is 0 Å². The highest BCUT2D eigenvalue weighted by Gasteiger charge is 2.58. The number of para-hydroxylation sites is 1. The number of aromatic nitrogens is 1. The summed E-state index contributed by atoms with van der Waals surface area (Å²) in [7, 11) is 0. The van der Waals surface area contributed by atoms with Crippen molar-refractivity contribution in [2.45, 2.75) is 76.1 Å². The van der Waals surface area contributed by atoms with Gasteiger partial charge in [-0.1, -0.05) is 18.2 Å². The second-order valence-corrected chi connectivity index (χ2v) is 11.0. The van der Waals surface area contributed by atoms with Crippen LogP contribution in [0.1, 0.15) is 68.1 Å². The lowest BCUT2D eigenvalue weighted by Gasteiger charge is -2.49. The number of amides is 1. The molecule has 2 aliphatic heterocycles. The molecule has 1 amide bonds. The Labute approximate surface area is 200 Å². The molecule has 7 heteroatoms. The standard InChI is InChI=1S/C27H34FN3O3/c1-19-29-15-22(34-19)16-33-24-5-3-2-4-23(24)20-7-12-30(13-8-20)21-6-9-26(14-21)17-31(18-26)25(32)27(28)10-11-27/h2-5,15,20-21H,6-14,16-18H2,1H3. The number of likely N-dealkylation sites (tertiary alicyclic amines) is 2. The minimum Gasteiger partial charge on any atom is -0.485 e. The molecule has 4 aliphatic rings. The zero-order chi connectivity index (χ0) is 23.3. The molecule has 6 nitrogen and oxygen atoms in total. The summed E-state index contributed by atoms with van der Waals surface area (Å²) in [6, 6.07) is 8.97. The van der Waals surface area contributed by atoms with E-state index in [4.69, 9.17) is 9.15 Å². The molecule has 1 aromatic carbocycles. The van der Waals surface area contributed by atoms with Crippen LogP contribution in [0, 0.1) is 12.3 Å². The molecular weight excluding hydrogens is 433 g/mol. The molecule has 2 aliphatic carbocycles. The molecule has 34 heavy (non-hydrogen) atoms. The molecule has 1 spiro atoms. The van der Waals surface area contributed by atoms with Crippen molar-refractivity contribution in [2.75, 3.05) is 26.2 Å². The Hall–Kier alpha value is -2.41. The Kier molecular flexibility index (Phi) is 5.43. The van der Waals surface area contributed by atoms with Crippen molar-refractivity contribution in [1.82, 2.24) is 14.8 Å². The van der Waals surface area contributed by atoms with E-state index < -0.39 is 5.67 Å². The number of carbonyl (C=O) groups excluding carboxylic acids is 1. The molecule has 182 valence electrons. The Morgan fingerprint density at radius 2 is 1.94 bits per heavy atom. The molecule has 2 saturated carbocycles. The van der Waals surface area contributed by atoms with E-state index in [-0.39, 0.29) is 11.3 Å². The molecule has 1 aromatic heterocycles. The van der Waals surface area contributed by atoms with Gasteiger partial charge in [0.2, 0.25) is 0 Å². The van der Waals surface area contributed by atoms with E-state index in [0.717, 1.165) is 57.0 Å². The van der Waals surface area contributed by atoms with Gasteiger partial charge in [0.05, 0.1) is 6.20 Å². The second-order valence-electron chi connectivity index (χ2n) is 11.0. The van der Waals surface area contributed by atoms with Gasteiger partial charge in [-0.15, -0.1) is 0 Å². The van der Waals surface area contributed by atoms with E-state index in [2.05, 4.69) is 28.1 Å². The van der Waals surface area contributed by atoms with Gasteiger partial charge in [0, 0.05) is 31.5 Å². The Morgan fingerprint density at radius 1 is 1.18 bits per heavy atom. The predicted molar refractivity (Wildman–Crippen MR) is 125 cm³/mol. The van der Waals surface area contributed by atoms with Crippen LogP contribution in [0.15, 0.2) is 34.9 Å². The molecule has 1 atom stereocenters. The van der Waals surface area contributed by atoms with E-state index in [0.29, 0.717) is 37.3 Å². The number of nitrogens with zero attached hydrogens (tertiary/aromatic N) is 3. The molecule has 0 N–H and O–H groups in total. The number of benzene rings is 1. The third-order valence-electron chi connectivity index (χ3n) is 8.53. The van der Waals surface area contributed by atoms with E-state index in [1.54, 1.807) is 11.1 Å². The van der Waals surface area contributed by atoms with Crippen molar-refractivity contribution in [3.05, 3.63) is 47.7 Å². The molecule has 4 fully saturated rings. The topological polar surface area (TPSA) is 58.8 Å². The fourth-order valence-corrected chi connectivity index (χ4v) is 6.44. The Balaban J connectivity index is 1.01. The fraction of sp³-hybridized carbons (Fsp3) is 0.630. The Morgan fingerprint density at radius 3 is 2.65 bits per heavy atom.